The first-order chi connectivity index (χ1) is 4.34. The molecule has 0 unspecified atom stereocenters. The summed E-state index contributed by atoms with van der Waals surface area (Å²) < 4.78 is 4.00. The smallest absolute Gasteiger partial charge is 0.203 e. The lowest BCUT2D eigenvalue weighted by atomic mass is 10.2. The lowest BCUT2D eigenvalue weighted by Gasteiger charge is -1.84. The van der Waals surface area contributed by atoms with E-state index in [-0.39, 0.29) is 0 Å². The molecule has 0 N–H and O–H groups in total. The molecule has 0 atom stereocenters. The number of hydrogen-bond donors (Lipinski definition) is 0. The third-order valence-electron chi connectivity index (χ3n) is 1.11. The van der Waals surface area contributed by atoms with E-state index in [4.69, 9.17) is 0 Å². The minimum absolute atomic E-state index is 0.377. The standard InChI is InChI=1S/C6H6NOS/c1-5-6(2-3-8)4-9-7-5/h4H,2H2,1H3. The summed E-state index contributed by atoms with van der Waals surface area (Å²) in [5.41, 5.74) is 1.94. The fourth-order valence-electron chi connectivity index (χ4n) is 0.560. The van der Waals surface area contributed by atoms with Crippen LogP contribution in [0, 0.1) is 6.92 Å². The van der Waals surface area contributed by atoms with Gasteiger partial charge in [0.25, 0.3) is 0 Å². The molecule has 0 saturated heterocycles. The number of aryl methyl sites for hydroxylation is 1. The summed E-state index contributed by atoms with van der Waals surface area (Å²) in [6, 6.07) is 0. The van der Waals surface area contributed by atoms with Crippen LogP contribution in [0.3, 0.4) is 0 Å². The van der Waals surface area contributed by atoms with Crippen molar-refractivity contribution >= 4 is 17.8 Å². The Balaban J connectivity index is 2.80. The van der Waals surface area contributed by atoms with Crippen molar-refractivity contribution in [1.82, 2.24) is 4.37 Å². The van der Waals surface area contributed by atoms with Gasteiger partial charge in [0.1, 0.15) is 0 Å². The molecule has 0 aliphatic heterocycles. The largest absolute Gasteiger partial charge is 0.291 e. The zero-order valence-corrected chi connectivity index (χ0v) is 5.86. The summed E-state index contributed by atoms with van der Waals surface area (Å²) in [5.74, 6) is 0. The van der Waals surface area contributed by atoms with Crippen LogP contribution in [0.1, 0.15) is 11.3 Å². The van der Waals surface area contributed by atoms with Crippen molar-refractivity contribution < 1.29 is 4.79 Å². The minimum Gasteiger partial charge on any atom is -0.291 e. The Morgan fingerprint density at radius 2 is 2.67 bits per heavy atom. The lowest BCUT2D eigenvalue weighted by Crippen LogP contribution is -1.84. The first-order valence-corrected chi connectivity index (χ1v) is 3.43. The fourth-order valence-corrected chi connectivity index (χ4v) is 1.27. The fraction of sp³-hybridized carbons (Fsp3) is 0.333. The van der Waals surface area contributed by atoms with E-state index < -0.39 is 0 Å². The van der Waals surface area contributed by atoms with Crippen LogP contribution < -0.4 is 0 Å². The topological polar surface area (TPSA) is 30.0 Å². The molecule has 0 aromatic carbocycles. The number of rotatable bonds is 2. The molecule has 1 heterocycles. The van der Waals surface area contributed by atoms with Crippen molar-refractivity contribution in [2.45, 2.75) is 13.3 Å². The molecule has 1 rings (SSSR count). The van der Waals surface area contributed by atoms with Gasteiger partial charge in [-0.15, -0.1) is 0 Å². The maximum atomic E-state index is 9.88. The third kappa shape index (κ3) is 1.36. The Morgan fingerprint density at radius 1 is 1.89 bits per heavy atom. The van der Waals surface area contributed by atoms with Gasteiger partial charge in [-0.1, -0.05) is 0 Å². The van der Waals surface area contributed by atoms with Gasteiger partial charge in [-0.3, -0.25) is 4.79 Å². The summed E-state index contributed by atoms with van der Waals surface area (Å²) in [7, 11) is 0. The minimum atomic E-state index is 0.377. The summed E-state index contributed by atoms with van der Waals surface area (Å²) in [6.07, 6.45) is 2.20. The Morgan fingerprint density at radius 3 is 3.11 bits per heavy atom. The van der Waals surface area contributed by atoms with Crippen LogP contribution in [0.15, 0.2) is 5.38 Å². The highest BCUT2D eigenvalue weighted by Crippen LogP contribution is 2.07. The average molecular weight is 140 g/mol. The van der Waals surface area contributed by atoms with E-state index >= 15 is 0 Å². The van der Waals surface area contributed by atoms with Gasteiger partial charge < -0.3 is 0 Å². The molecular formula is C6H6NOS. The van der Waals surface area contributed by atoms with Crippen molar-refractivity contribution in [1.29, 1.82) is 0 Å². The molecule has 0 saturated carbocycles. The van der Waals surface area contributed by atoms with Crippen molar-refractivity contribution in [2.24, 2.45) is 0 Å². The van der Waals surface area contributed by atoms with E-state index in [9.17, 15) is 4.79 Å². The van der Waals surface area contributed by atoms with E-state index in [1.807, 2.05) is 18.6 Å². The van der Waals surface area contributed by atoms with E-state index in [1.54, 1.807) is 0 Å². The van der Waals surface area contributed by atoms with Gasteiger partial charge in [-0.25, -0.2) is 0 Å². The maximum absolute atomic E-state index is 9.88. The Labute approximate surface area is 57.7 Å². The lowest BCUT2D eigenvalue weighted by molar-refractivity contribution is 0.555. The molecule has 0 amide bonds. The van der Waals surface area contributed by atoms with Crippen molar-refractivity contribution in [3.05, 3.63) is 16.6 Å². The number of aromatic nitrogens is 1. The van der Waals surface area contributed by atoms with Crippen molar-refractivity contribution in [3.8, 4) is 0 Å². The molecule has 2 nitrogen and oxygen atoms in total. The molecule has 9 heavy (non-hydrogen) atoms. The second-order valence-electron chi connectivity index (χ2n) is 1.75. The Hall–Kier alpha value is -0.700. The highest BCUT2D eigenvalue weighted by Gasteiger charge is 1.97. The van der Waals surface area contributed by atoms with E-state index in [0.29, 0.717) is 6.42 Å². The molecule has 47 valence electrons. The second-order valence-corrected chi connectivity index (χ2v) is 2.38. The predicted octanol–water partition coefficient (Wildman–Crippen LogP) is 1.10. The molecular weight excluding hydrogens is 134 g/mol. The number of nitrogens with zero attached hydrogens (tertiary/aromatic N) is 1. The zero-order chi connectivity index (χ0) is 6.69. The molecule has 0 bridgehead atoms. The monoisotopic (exact) mass is 140 g/mol. The normalized spacial score (nSPS) is 9.44. The van der Waals surface area contributed by atoms with Crippen molar-refractivity contribution in [3.63, 3.8) is 0 Å². The molecule has 1 aromatic heterocycles. The summed E-state index contributed by atoms with van der Waals surface area (Å²) >= 11 is 1.38. The Bertz CT molecular complexity index is 207. The molecule has 1 aromatic rings. The molecule has 1 radical (unpaired) electrons. The van der Waals surface area contributed by atoms with Gasteiger partial charge in [-0.05, 0) is 24.0 Å². The summed E-state index contributed by atoms with van der Waals surface area (Å²) in [6.45, 7) is 1.89. The summed E-state index contributed by atoms with van der Waals surface area (Å²) in [4.78, 5) is 9.88. The van der Waals surface area contributed by atoms with E-state index in [2.05, 4.69) is 4.37 Å². The molecule has 0 fully saturated rings. The summed E-state index contributed by atoms with van der Waals surface area (Å²) in [5, 5.41) is 1.88. The molecule has 3 heteroatoms. The van der Waals surface area contributed by atoms with Crippen LogP contribution in [-0.2, 0) is 11.2 Å². The second kappa shape index (κ2) is 2.73. The quantitative estimate of drug-likeness (QED) is 0.615. The first kappa shape index (κ1) is 6.42. The van der Waals surface area contributed by atoms with E-state index in [1.165, 1.54) is 11.5 Å². The third-order valence-corrected chi connectivity index (χ3v) is 1.88. The van der Waals surface area contributed by atoms with Gasteiger partial charge in [0, 0.05) is 11.8 Å². The molecule has 0 spiro atoms. The maximum Gasteiger partial charge on any atom is 0.203 e. The molecule has 0 aliphatic carbocycles. The van der Waals surface area contributed by atoms with Gasteiger partial charge >= 0.3 is 0 Å². The van der Waals surface area contributed by atoms with Crippen LogP contribution in [0.5, 0.6) is 0 Å². The predicted molar refractivity (Wildman–Crippen MR) is 36.2 cm³/mol. The average Bonchev–Trinajstić information content (AvgIpc) is 2.18. The number of hydrogen-bond acceptors (Lipinski definition) is 3. The zero-order valence-electron chi connectivity index (χ0n) is 5.05. The Kier molecular flexibility index (Phi) is 1.95. The van der Waals surface area contributed by atoms with Crippen LogP contribution >= 0.6 is 11.5 Å². The highest BCUT2D eigenvalue weighted by atomic mass is 32.1. The van der Waals surface area contributed by atoms with Crippen LogP contribution in [0.2, 0.25) is 0 Å². The first-order valence-electron chi connectivity index (χ1n) is 2.59. The van der Waals surface area contributed by atoms with Gasteiger partial charge in [0.05, 0.1) is 5.69 Å². The van der Waals surface area contributed by atoms with Crippen LogP contribution in [0.25, 0.3) is 0 Å². The van der Waals surface area contributed by atoms with Gasteiger partial charge in [0.2, 0.25) is 6.29 Å². The van der Waals surface area contributed by atoms with E-state index in [0.717, 1.165) is 11.3 Å². The molecule has 0 aliphatic rings. The van der Waals surface area contributed by atoms with Crippen molar-refractivity contribution in [2.75, 3.05) is 0 Å². The van der Waals surface area contributed by atoms with Gasteiger partial charge in [-0.2, -0.15) is 4.37 Å². The number of carbonyl (C=O) groups excluding carboxylic acids is 1. The van der Waals surface area contributed by atoms with Gasteiger partial charge in [0.15, 0.2) is 0 Å². The highest BCUT2D eigenvalue weighted by molar-refractivity contribution is 7.03. The van der Waals surface area contributed by atoms with Crippen LogP contribution in [0.4, 0.5) is 0 Å². The van der Waals surface area contributed by atoms with Crippen LogP contribution in [-0.4, -0.2) is 10.7 Å². The SMILES string of the molecule is Cc1nscc1C[C]=O.